The third-order valence-corrected chi connectivity index (χ3v) is 7.18. The van der Waals surface area contributed by atoms with Gasteiger partial charge in [-0.1, -0.05) is 6.07 Å². The van der Waals surface area contributed by atoms with Crippen molar-refractivity contribution in [2.75, 3.05) is 26.8 Å². The Morgan fingerprint density at radius 1 is 1.03 bits per heavy atom. The molecule has 12 heteroatoms. The summed E-state index contributed by atoms with van der Waals surface area (Å²) in [6, 6.07) is 5.35. The van der Waals surface area contributed by atoms with Gasteiger partial charge in [-0.15, -0.1) is 0 Å². The topological polar surface area (TPSA) is 68.2 Å². The van der Waals surface area contributed by atoms with Gasteiger partial charge in [0.25, 0.3) is 0 Å². The number of methoxy groups -OCH3 is 1. The molecule has 2 aliphatic rings. The average molecular weight is 547 g/mol. The van der Waals surface area contributed by atoms with Gasteiger partial charge in [0.15, 0.2) is 11.5 Å². The number of alkyl halides is 6. The molecule has 1 saturated heterocycles. The smallest absolute Gasteiger partial charge is 0.416 e. The van der Waals surface area contributed by atoms with Crippen molar-refractivity contribution in [2.45, 2.75) is 44.4 Å². The Hall–Kier alpha value is -2.99. The van der Waals surface area contributed by atoms with E-state index in [1.54, 1.807) is 23.1 Å². The molecule has 0 amide bonds. The lowest BCUT2D eigenvalue weighted by atomic mass is 9.88. The van der Waals surface area contributed by atoms with E-state index in [0.29, 0.717) is 48.4 Å². The zero-order valence-corrected chi connectivity index (χ0v) is 20.8. The minimum Gasteiger partial charge on any atom is -0.486 e. The monoisotopic (exact) mass is 547 g/mol. The van der Waals surface area contributed by atoms with Gasteiger partial charge in [0, 0.05) is 25.0 Å². The maximum atomic E-state index is 13.6. The number of esters is 1. The van der Waals surface area contributed by atoms with Crippen molar-refractivity contribution in [3.63, 3.8) is 0 Å². The Morgan fingerprint density at radius 3 is 2.32 bits per heavy atom. The van der Waals surface area contributed by atoms with Crippen LogP contribution in [0.3, 0.4) is 0 Å². The van der Waals surface area contributed by atoms with E-state index in [2.05, 4.69) is 4.74 Å². The number of ether oxygens (including phenoxy) is 3. The second-order valence-corrected chi connectivity index (χ2v) is 9.62. The van der Waals surface area contributed by atoms with Gasteiger partial charge in [0.2, 0.25) is 0 Å². The van der Waals surface area contributed by atoms with Crippen molar-refractivity contribution < 1.29 is 50.5 Å². The predicted molar refractivity (Wildman–Crippen MR) is 122 cm³/mol. The molecule has 0 radical (unpaired) electrons. The molecular weight excluding hydrogens is 520 g/mol. The molecule has 0 aliphatic carbocycles. The summed E-state index contributed by atoms with van der Waals surface area (Å²) in [5, 5.41) is 10.5. The van der Waals surface area contributed by atoms with E-state index >= 15 is 0 Å². The van der Waals surface area contributed by atoms with Gasteiger partial charge >= 0.3 is 18.3 Å². The van der Waals surface area contributed by atoms with E-state index in [1.807, 2.05) is 0 Å². The molecule has 0 unspecified atom stereocenters. The summed E-state index contributed by atoms with van der Waals surface area (Å²) in [7, 11) is 1.22. The van der Waals surface area contributed by atoms with E-state index in [4.69, 9.17) is 9.47 Å². The normalized spacial score (nSPS) is 20.8. The Balaban J connectivity index is 1.45. The Morgan fingerprint density at radius 2 is 1.71 bits per heavy atom. The van der Waals surface area contributed by atoms with Crippen molar-refractivity contribution in [3.05, 3.63) is 58.7 Å². The Kier molecular flexibility index (Phi) is 7.59. The standard InChI is InChI=1S/C26H27F6NO5/c1-13(24(35)36-3)23(34)15-4-7-20-21(8-15)38-22(12-37-20)16-10-33(11-16)14(2)18-9-17(25(27,28)29)5-6-19(18)26(30,31)32/h4-9,13-14,16,22-23,34H,10-12H2,1-3H3/t13-,14+,22-,23+/m0/s1. The number of carbonyl (C=O) groups is 1. The molecule has 0 aromatic heterocycles. The molecule has 208 valence electrons. The molecule has 4 rings (SSSR count). The number of carbonyl (C=O) groups excluding carboxylic acids is 1. The second kappa shape index (κ2) is 10.3. The van der Waals surface area contributed by atoms with Gasteiger partial charge in [0.05, 0.1) is 30.3 Å². The summed E-state index contributed by atoms with van der Waals surface area (Å²) < 4.78 is 96.8. The van der Waals surface area contributed by atoms with E-state index in [9.17, 15) is 36.2 Å². The summed E-state index contributed by atoms with van der Waals surface area (Å²) in [5.41, 5.74) is -2.25. The van der Waals surface area contributed by atoms with Gasteiger partial charge in [-0.3, -0.25) is 9.69 Å². The van der Waals surface area contributed by atoms with Crippen molar-refractivity contribution in [1.82, 2.24) is 4.90 Å². The molecule has 0 spiro atoms. The number of benzene rings is 2. The van der Waals surface area contributed by atoms with Crippen molar-refractivity contribution in [3.8, 4) is 11.5 Å². The SMILES string of the molecule is COC(=O)[C@@H](C)[C@@H](O)c1ccc2c(c1)O[C@H](C1CN([C@H](C)c3cc(C(F)(F)F)ccc3C(F)(F)F)C1)CO2. The first-order chi connectivity index (χ1) is 17.7. The van der Waals surface area contributed by atoms with Crippen LogP contribution in [0.1, 0.15) is 48.2 Å². The maximum Gasteiger partial charge on any atom is 0.416 e. The molecule has 4 atom stereocenters. The van der Waals surface area contributed by atoms with E-state index in [0.717, 1.165) is 0 Å². The zero-order chi connectivity index (χ0) is 28.0. The van der Waals surface area contributed by atoms with Crippen molar-refractivity contribution in [2.24, 2.45) is 11.8 Å². The number of nitrogens with zero attached hydrogens (tertiary/aromatic N) is 1. The van der Waals surface area contributed by atoms with Crippen LogP contribution in [0.5, 0.6) is 11.5 Å². The lowest BCUT2D eigenvalue weighted by Crippen LogP contribution is -2.56. The van der Waals surface area contributed by atoms with Crippen molar-refractivity contribution in [1.29, 1.82) is 0 Å². The Bertz CT molecular complexity index is 1180. The molecule has 2 aliphatic heterocycles. The first-order valence-corrected chi connectivity index (χ1v) is 11.9. The van der Waals surface area contributed by atoms with Crippen molar-refractivity contribution >= 4 is 5.97 Å². The van der Waals surface area contributed by atoms with Gasteiger partial charge in [-0.2, -0.15) is 26.3 Å². The van der Waals surface area contributed by atoms with Crippen LogP contribution in [-0.2, 0) is 21.9 Å². The van der Waals surface area contributed by atoms with Crippen LogP contribution in [0.25, 0.3) is 0 Å². The van der Waals surface area contributed by atoms with E-state index < -0.39 is 59.2 Å². The number of halogens is 6. The fourth-order valence-electron chi connectivity index (χ4n) is 4.76. The molecule has 38 heavy (non-hydrogen) atoms. The predicted octanol–water partition coefficient (Wildman–Crippen LogP) is 5.40. The van der Waals surface area contributed by atoms with E-state index in [-0.39, 0.29) is 12.5 Å². The fraction of sp³-hybridized carbons (Fsp3) is 0.500. The molecule has 2 aromatic rings. The zero-order valence-electron chi connectivity index (χ0n) is 20.8. The molecule has 2 aromatic carbocycles. The van der Waals surface area contributed by atoms with Gasteiger partial charge in [-0.25, -0.2) is 0 Å². The number of rotatable bonds is 6. The maximum absolute atomic E-state index is 13.6. The van der Waals surface area contributed by atoms with Gasteiger partial charge < -0.3 is 19.3 Å². The quantitative estimate of drug-likeness (QED) is 0.386. The molecule has 1 fully saturated rings. The second-order valence-electron chi connectivity index (χ2n) is 9.62. The van der Waals surface area contributed by atoms with Crippen LogP contribution in [0.2, 0.25) is 0 Å². The number of aliphatic hydroxyl groups is 1. The molecule has 6 nitrogen and oxygen atoms in total. The van der Waals surface area contributed by atoms with Crippen LogP contribution in [0.4, 0.5) is 26.3 Å². The largest absolute Gasteiger partial charge is 0.486 e. The third kappa shape index (κ3) is 5.56. The number of fused-ring (bicyclic) bond motifs is 1. The molecule has 2 heterocycles. The third-order valence-electron chi connectivity index (χ3n) is 7.18. The molecule has 1 N–H and O–H groups in total. The van der Waals surface area contributed by atoms with Crippen LogP contribution in [0.15, 0.2) is 36.4 Å². The highest BCUT2D eigenvalue weighted by Gasteiger charge is 2.43. The minimum absolute atomic E-state index is 0.145. The highest BCUT2D eigenvalue weighted by Crippen LogP contribution is 2.43. The highest BCUT2D eigenvalue weighted by molar-refractivity contribution is 5.72. The number of hydrogen-bond acceptors (Lipinski definition) is 6. The van der Waals surface area contributed by atoms with Crippen LogP contribution < -0.4 is 9.47 Å². The molecule has 0 bridgehead atoms. The lowest BCUT2D eigenvalue weighted by molar-refractivity contribution is -0.148. The first-order valence-electron chi connectivity index (χ1n) is 11.9. The Labute approximate surface area is 215 Å². The van der Waals surface area contributed by atoms with Gasteiger partial charge in [0.1, 0.15) is 12.7 Å². The highest BCUT2D eigenvalue weighted by atomic mass is 19.4. The summed E-state index contributed by atoms with van der Waals surface area (Å²) in [6.07, 6.45) is -11.2. The van der Waals surface area contributed by atoms with Crippen LogP contribution in [-0.4, -0.2) is 48.9 Å². The molecule has 0 saturated carbocycles. The average Bonchev–Trinajstić information content (AvgIpc) is 2.84. The molecular formula is C26H27F6NO5. The number of aliphatic hydroxyl groups excluding tert-OH is 1. The number of hydrogen-bond donors (Lipinski definition) is 1. The van der Waals surface area contributed by atoms with Crippen LogP contribution in [0, 0.1) is 11.8 Å². The summed E-state index contributed by atoms with van der Waals surface area (Å²) in [5.74, 6) is -0.765. The summed E-state index contributed by atoms with van der Waals surface area (Å²) in [4.78, 5) is 13.4. The summed E-state index contributed by atoms with van der Waals surface area (Å²) >= 11 is 0. The minimum atomic E-state index is -4.80. The summed E-state index contributed by atoms with van der Waals surface area (Å²) in [6.45, 7) is 3.73. The first kappa shape index (κ1) is 28.0. The fourth-order valence-corrected chi connectivity index (χ4v) is 4.76. The van der Waals surface area contributed by atoms with E-state index in [1.165, 1.54) is 21.0 Å². The van der Waals surface area contributed by atoms with Gasteiger partial charge in [-0.05, 0) is 55.3 Å². The lowest BCUT2D eigenvalue weighted by Gasteiger charge is -2.47. The van der Waals surface area contributed by atoms with Crippen LogP contribution >= 0.6 is 0 Å². The number of likely N-dealkylation sites (tertiary alicyclic amines) is 1.